The topological polar surface area (TPSA) is 49.2 Å². The van der Waals surface area contributed by atoms with Crippen molar-refractivity contribution in [2.45, 2.75) is 25.3 Å². The Bertz CT molecular complexity index is 1130. The molecule has 0 aliphatic carbocycles. The molecular weight excluding hydrogens is 424 g/mol. The van der Waals surface area contributed by atoms with Crippen LogP contribution in [0.25, 0.3) is 5.69 Å². The lowest BCUT2D eigenvalue weighted by Crippen LogP contribution is -2.50. The van der Waals surface area contributed by atoms with Gasteiger partial charge in [-0.3, -0.25) is 4.90 Å². The third kappa shape index (κ3) is 4.27. The average Bonchev–Trinajstić information content (AvgIpc) is 3.28. The van der Waals surface area contributed by atoms with Crippen molar-refractivity contribution in [2.24, 2.45) is 0 Å². The van der Waals surface area contributed by atoms with E-state index in [1.54, 1.807) is 0 Å². The molecule has 3 aromatic rings. The highest BCUT2D eigenvalue weighted by Crippen LogP contribution is 2.35. The van der Waals surface area contributed by atoms with Crippen molar-refractivity contribution >= 4 is 17.3 Å². The van der Waals surface area contributed by atoms with Gasteiger partial charge in [-0.2, -0.15) is 4.98 Å². The van der Waals surface area contributed by atoms with E-state index in [-0.39, 0.29) is 30.6 Å². The highest BCUT2D eigenvalue weighted by atomic mass is 19.3. The van der Waals surface area contributed by atoms with E-state index < -0.39 is 17.6 Å². The van der Waals surface area contributed by atoms with Gasteiger partial charge in [0.1, 0.15) is 18.0 Å². The van der Waals surface area contributed by atoms with Crippen LogP contribution in [0.5, 0.6) is 0 Å². The van der Waals surface area contributed by atoms with E-state index >= 15 is 0 Å². The Labute approximate surface area is 182 Å². The molecule has 3 heterocycles. The lowest BCUT2D eigenvalue weighted by atomic mass is 10.1. The molecule has 2 fully saturated rings. The fourth-order valence-electron chi connectivity index (χ4n) is 4.50. The van der Waals surface area contributed by atoms with Crippen LogP contribution in [0.3, 0.4) is 0 Å². The van der Waals surface area contributed by atoms with Crippen LogP contribution >= 0.6 is 0 Å². The van der Waals surface area contributed by atoms with Crippen molar-refractivity contribution in [3.63, 3.8) is 0 Å². The quantitative estimate of drug-likeness (QED) is 0.611. The number of piperazine rings is 1. The molecule has 2 aliphatic heterocycles. The Hall–Kier alpha value is -3.14. The van der Waals surface area contributed by atoms with Crippen LogP contribution in [0.4, 0.5) is 34.9 Å². The van der Waals surface area contributed by atoms with Crippen LogP contribution in [0, 0.1) is 18.6 Å². The number of fused-ring (bicyclic) bond motifs is 1. The summed E-state index contributed by atoms with van der Waals surface area (Å²) in [4.78, 5) is 8.17. The van der Waals surface area contributed by atoms with Gasteiger partial charge in [-0.1, -0.05) is 0 Å². The monoisotopic (exact) mass is 446 g/mol. The second-order valence-corrected chi connectivity index (χ2v) is 8.45. The molecule has 0 saturated carbocycles. The fraction of sp³-hybridized carbons (Fsp3) is 0.364. The van der Waals surface area contributed by atoms with Gasteiger partial charge in [0.2, 0.25) is 5.95 Å². The molecule has 0 amide bonds. The molecule has 10 heteroatoms. The molecule has 2 saturated heterocycles. The molecule has 2 aliphatic rings. The highest BCUT2D eigenvalue weighted by Gasteiger charge is 2.46. The van der Waals surface area contributed by atoms with Crippen molar-refractivity contribution in [3.8, 4) is 5.69 Å². The second kappa shape index (κ2) is 7.77. The first-order chi connectivity index (χ1) is 15.2. The molecule has 0 spiro atoms. The van der Waals surface area contributed by atoms with Gasteiger partial charge in [0.05, 0.1) is 12.2 Å². The maximum atomic E-state index is 13.8. The van der Waals surface area contributed by atoms with Crippen molar-refractivity contribution in [1.82, 2.24) is 19.7 Å². The summed E-state index contributed by atoms with van der Waals surface area (Å²) in [5.41, 5.74) is 2.89. The largest absolute Gasteiger partial charge is 0.369 e. The number of rotatable bonds is 4. The highest BCUT2D eigenvalue weighted by molar-refractivity contribution is 5.64. The van der Waals surface area contributed by atoms with Crippen LogP contribution in [-0.2, 0) is 0 Å². The molecule has 1 N–H and O–H groups in total. The number of anilines is 3. The number of aryl methyl sites for hydroxylation is 1. The lowest BCUT2D eigenvalue weighted by Gasteiger charge is -2.38. The van der Waals surface area contributed by atoms with Crippen LogP contribution in [0.2, 0.25) is 0 Å². The van der Waals surface area contributed by atoms with E-state index in [2.05, 4.69) is 20.3 Å². The normalized spacial score (nSPS) is 20.4. The standard InChI is InChI=1S/C22H22F4N6/c1-14-4-17(28-21-27-13-32(29-21)19-7-15(23)6-16(24)8-19)9-18(5-14)30-2-3-31-12-22(25,26)10-20(31)11-30/h4-9,13,20H,2-3,10-12H2,1H3,(H,28,29)/t20-/m0/s1. The minimum absolute atomic E-state index is 0.109. The molecule has 6 nitrogen and oxygen atoms in total. The number of aromatic nitrogens is 3. The number of nitrogens with one attached hydrogen (secondary N) is 1. The summed E-state index contributed by atoms with van der Waals surface area (Å²) < 4.78 is 55.8. The minimum atomic E-state index is -2.62. The molecule has 1 aromatic heterocycles. The van der Waals surface area contributed by atoms with Crippen molar-refractivity contribution in [2.75, 3.05) is 36.4 Å². The van der Waals surface area contributed by atoms with Gasteiger partial charge in [0, 0.05) is 49.5 Å². The van der Waals surface area contributed by atoms with Gasteiger partial charge in [-0.25, -0.2) is 22.2 Å². The van der Waals surface area contributed by atoms with Gasteiger partial charge in [-0.05, 0) is 42.8 Å². The first kappa shape index (κ1) is 20.7. The Morgan fingerprint density at radius 1 is 1.00 bits per heavy atom. The molecule has 1 atom stereocenters. The summed E-state index contributed by atoms with van der Waals surface area (Å²) in [5, 5.41) is 7.36. The van der Waals surface area contributed by atoms with E-state index in [9.17, 15) is 17.6 Å². The first-order valence-electron chi connectivity index (χ1n) is 10.4. The molecular formula is C22H22F4N6. The number of benzene rings is 2. The molecule has 0 unspecified atom stereocenters. The summed E-state index contributed by atoms with van der Waals surface area (Å²) in [6.07, 6.45) is 1.26. The van der Waals surface area contributed by atoms with E-state index in [1.807, 2.05) is 30.0 Å². The van der Waals surface area contributed by atoms with Crippen LogP contribution in [0.1, 0.15) is 12.0 Å². The number of alkyl halides is 2. The van der Waals surface area contributed by atoms with Crippen molar-refractivity contribution in [1.29, 1.82) is 0 Å². The number of nitrogens with zero attached hydrogens (tertiary/aromatic N) is 5. The third-order valence-electron chi connectivity index (χ3n) is 5.86. The van der Waals surface area contributed by atoms with E-state index in [4.69, 9.17) is 0 Å². The van der Waals surface area contributed by atoms with Crippen LogP contribution in [-0.4, -0.2) is 57.8 Å². The maximum Gasteiger partial charge on any atom is 0.262 e. The minimum Gasteiger partial charge on any atom is -0.369 e. The first-order valence-corrected chi connectivity index (χ1v) is 10.4. The zero-order valence-electron chi connectivity index (χ0n) is 17.4. The van der Waals surface area contributed by atoms with Crippen LogP contribution in [0.15, 0.2) is 42.7 Å². The summed E-state index contributed by atoms with van der Waals surface area (Å²) in [7, 11) is 0. The molecule has 0 radical (unpaired) electrons. The molecule has 32 heavy (non-hydrogen) atoms. The lowest BCUT2D eigenvalue weighted by molar-refractivity contribution is 0.0125. The zero-order chi connectivity index (χ0) is 22.5. The summed E-state index contributed by atoms with van der Waals surface area (Å²) >= 11 is 0. The van der Waals surface area contributed by atoms with Gasteiger partial charge in [0.15, 0.2) is 0 Å². The number of hydrogen-bond acceptors (Lipinski definition) is 5. The summed E-state index contributed by atoms with van der Waals surface area (Å²) in [6, 6.07) is 8.84. The van der Waals surface area contributed by atoms with Crippen molar-refractivity contribution < 1.29 is 17.6 Å². The predicted octanol–water partition coefficient (Wildman–Crippen LogP) is 4.13. The molecule has 2 aromatic carbocycles. The fourth-order valence-corrected chi connectivity index (χ4v) is 4.50. The van der Waals surface area contributed by atoms with Gasteiger partial charge in [0.25, 0.3) is 5.92 Å². The Kier molecular flexibility index (Phi) is 5.04. The Morgan fingerprint density at radius 3 is 2.56 bits per heavy atom. The van der Waals surface area contributed by atoms with Gasteiger partial charge < -0.3 is 10.2 Å². The summed E-state index contributed by atoms with van der Waals surface area (Å²) in [5.74, 6) is -3.75. The summed E-state index contributed by atoms with van der Waals surface area (Å²) in [6.45, 7) is 3.63. The smallest absolute Gasteiger partial charge is 0.262 e. The molecule has 168 valence electrons. The number of hydrogen-bond donors (Lipinski definition) is 1. The Morgan fingerprint density at radius 2 is 1.78 bits per heavy atom. The Balaban J connectivity index is 1.33. The van der Waals surface area contributed by atoms with Gasteiger partial charge in [-0.15, -0.1) is 5.10 Å². The predicted molar refractivity (Wildman–Crippen MR) is 113 cm³/mol. The van der Waals surface area contributed by atoms with Crippen molar-refractivity contribution in [3.05, 3.63) is 59.9 Å². The third-order valence-corrected chi connectivity index (χ3v) is 5.86. The molecule has 0 bridgehead atoms. The van der Waals surface area contributed by atoms with E-state index in [0.29, 0.717) is 19.6 Å². The zero-order valence-corrected chi connectivity index (χ0v) is 17.4. The maximum absolute atomic E-state index is 13.8. The average molecular weight is 446 g/mol. The van der Waals surface area contributed by atoms with E-state index in [0.717, 1.165) is 23.0 Å². The van der Waals surface area contributed by atoms with Crippen LogP contribution < -0.4 is 10.2 Å². The van der Waals surface area contributed by atoms with Gasteiger partial charge >= 0.3 is 0 Å². The SMILES string of the molecule is Cc1cc(Nc2ncn(-c3cc(F)cc(F)c3)n2)cc(N2CCN3CC(F)(F)C[C@H]3C2)c1. The number of halogens is 4. The second-order valence-electron chi connectivity index (χ2n) is 8.45. The van der Waals surface area contributed by atoms with E-state index in [1.165, 1.54) is 23.1 Å². The molecule has 5 rings (SSSR count).